The van der Waals surface area contributed by atoms with Gasteiger partial charge in [0.05, 0.1) is 0 Å². The zero-order chi connectivity index (χ0) is 12.0. The molecule has 0 aromatic rings. The Morgan fingerprint density at radius 3 is 2.12 bits per heavy atom. The highest BCUT2D eigenvalue weighted by Crippen LogP contribution is 2.47. The number of hydrogen-bond donors (Lipinski definition) is 1. The predicted molar refractivity (Wildman–Crippen MR) is 63.9 cm³/mol. The van der Waals surface area contributed by atoms with Crippen molar-refractivity contribution in [1.82, 2.24) is 4.31 Å². The Bertz CT molecular complexity index is 348. The summed E-state index contributed by atoms with van der Waals surface area (Å²) >= 11 is 0. The molecule has 1 heterocycles. The second-order valence-electron chi connectivity index (χ2n) is 5.89. The molecular weight excluding hydrogens is 224 g/mol. The van der Waals surface area contributed by atoms with Gasteiger partial charge in [-0.05, 0) is 42.9 Å². The first-order chi connectivity index (χ1) is 7.32. The Labute approximate surface area is 98.4 Å². The van der Waals surface area contributed by atoms with E-state index in [0.717, 1.165) is 11.8 Å². The lowest BCUT2D eigenvalue weighted by Gasteiger charge is -2.52. The van der Waals surface area contributed by atoms with Crippen molar-refractivity contribution in [3.8, 4) is 0 Å². The highest BCUT2D eigenvalue weighted by molar-refractivity contribution is 7.86. The summed E-state index contributed by atoms with van der Waals surface area (Å²) in [6.45, 7) is 5.85. The molecule has 16 heavy (non-hydrogen) atoms. The van der Waals surface area contributed by atoms with E-state index in [1.165, 1.54) is 30.0 Å². The van der Waals surface area contributed by atoms with Crippen LogP contribution < -0.4 is 5.14 Å². The molecular formula is C11H22N2O2S. The second kappa shape index (κ2) is 3.96. The van der Waals surface area contributed by atoms with Crippen LogP contribution in [0.5, 0.6) is 0 Å². The summed E-state index contributed by atoms with van der Waals surface area (Å²) in [7, 11) is -3.44. The standard InChI is InChI=1S/C11H22N2O2S/c1-9(2)10-3-5-11(6-4-10)7-13(8-11)16(12,14)15/h9-10H,3-8H2,1-2H3,(H2,12,14,15). The van der Waals surface area contributed by atoms with Crippen molar-refractivity contribution in [3.05, 3.63) is 0 Å². The third-order valence-electron chi connectivity index (χ3n) is 4.42. The fourth-order valence-electron chi connectivity index (χ4n) is 3.12. The van der Waals surface area contributed by atoms with Gasteiger partial charge in [0.1, 0.15) is 0 Å². The van der Waals surface area contributed by atoms with E-state index in [4.69, 9.17) is 5.14 Å². The topological polar surface area (TPSA) is 63.4 Å². The zero-order valence-corrected chi connectivity index (χ0v) is 11.0. The molecule has 0 aromatic heterocycles. The largest absolute Gasteiger partial charge is 0.276 e. The minimum Gasteiger partial charge on any atom is -0.216 e. The maximum Gasteiger partial charge on any atom is 0.276 e. The molecule has 1 saturated heterocycles. The van der Waals surface area contributed by atoms with Crippen LogP contribution in [0, 0.1) is 17.3 Å². The smallest absolute Gasteiger partial charge is 0.216 e. The van der Waals surface area contributed by atoms with Crippen molar-refractivity contribution in [3.63, 3.8) is 0 Å². The van der Waals surface area contributed by atoms with Crippen LogP contribution in [0.4, 0.5) is 0 Å². The fraction of sp³-hybridized carbons (Fsp3) is 1.00. The normalized spacial score (nSPS) is 27.2. The van der Waals surface area contributed by atoms with Gasteiger partial charge in [-0.2, -0.15) is 12.7 Å². The van der Waals surface area contributed by atoms with Crippen molar-refractivity contribution < 1.29 is 8.42 Å². The van der Waals surface area contributed by atoms with Crippen LogP contribution in [-0.4, -0.2) is 25.8 Å². The molecule has 2 aliphatic rings. The molecule has 1 aliphatic carbocycles. The summed E-state index contributed by atoms with van der Waals surface area (Å²) in [6, 6.07) is 0. The molecule has 1 spiro atoms. The molecule has 1 aliphatic heterocycles. The van der Waals surface area contributed by atoms with Gasteiger partial charge >= 0.3 is 0 Å². The summed E-state index contributed by atoms with van der Waals surface area (Å²) in [4.78, 5) is 0. The van der Waals surface area contributed by atoms with E-state index in [-0.39, 0.29) is 5.41 Å². The molecule has 1 saturated carbocycles. The van der Waals surface area contributed by atoms with Crippen molar-refractivity contribution >= 4 is 10.2 Å². The van der Waals surface area contributed by atoms with Crippen LogP contribution in [0.15, 0.2) is 0 Å². The second-order valence-corrected chi connectivity index (χ2v) is 7.44. The first-order valence-electron chi connectivity index (χ1n) is 6.10. The lowest BCUT2D eigenvalue weighted by Crippen LogP contribution is -2.61. The van der Waals surface area contributed by atoms with Gasteiger partial charge in [-0.25, -0.2) is 5.14 Å². The fourth-order valence-corrected chi connectivity index (χ4v) is 4.02. The van der Waals surface area contributed by atoms with Crippen molar-refractivity contribution in [2.24, 2.45) is 22.4 Å². The molecule has 4 nitrogen and oxygen atoms in total. The third kappa shape index (κ3) is 2.26. The Hall–Kier alpha value is -0.130. The molecule has 0 aromatic carbocycles. The molecule has 0 amide bonds. The van der Waals surface area contributed by atoms with Gasteiger partial charge in [-0.1, -0.05) is 13.8 Å². The minimum atomic E-state index is -3.44. The average molecular weight is 246 g/mol. The SMILES string of the molecule is CC(C)C1CCC2(CC1)CN(S(N)(=O)=O)C2. The van der Waals surface area contributed by atoms with E-state index < -0.39 is 10.2 Å². The minimum absolute atomic E-state index is 0.262. The lowest BCUT2D eigenvalue weighted by molar-refractivity contribution is 0.00824. The first kappa shape index (κ1) is 12.3. The monoisotopic (exact) mass is 246 g/mol. The quantitative estimate of drug-likeness (QED) is 0.799. The third-order valence-corrected chi connectivity index (χ3v) is 5.40. The summed E-state index contributed by atoms with van der Waals surface area (Å²) in [5.41, 5.74) is 0.262. The van der Waals surface area contributed by atoms with Gasteiger partial charge < -0.3 is 0 Å². The van der Waals surface area contributed by atoms with Gasteiger partial charge in [0.15, 0.2) is 0 Å². The zero-order valence-electron chi connectivity index (χ0n) is 10.1. The summed E-state index contributed by atoms with van der Waals surface area (Å²) in [5.74, 6) is 1.58. The Morgan fingerprint density at radius 1 is 1.25 bits per heavy atom. The van der Waals surface area contributed by atoms with Gasteiger partial charge in [-0.3, -0.25) is 0 Å². The van der Waals surface area contributed by atoms with Crippen LogP contribution in [0.1, 0.15) is 39.5 Å². The number of rotatable bonds is 2. The van der Waals surface area contributed by atoms with Crippen LogP contribution in [0.3, 0.4) is 0 Å². The summed E-state index contributed by atoms with van der Waals surface area (Å²) < 4.78 is 23.6. The molecule has 2 N–H and O–H groups in total. The van der Waals surface area contributed by atoms with E-state index in [1.807, 2.05) is 0 Å². The van der Waals surface area contributed by atoms with Gasteiger partial charge in [0.25, 0.3) is 10.2 Å². The van der Waals surface area contributed by atoms with E-state index >= 15 is 0 Å². The highest BCUT2D eigenvalue weighted by atomic mass is 32.2. The molecule has 0 bridgehead atoms. The summed E-state index contributed by atoms with van der Waals surface area (Å²) in [5, 5.41) is 5.10. The molecule has 0 radical (unpaired) electrons. The van der Waals surface area contributed by atoms with Crippen LogP contribution >= 0.6 is 0 Å². The average Bonchev–Trinajstić information content (AvgIpc) is 2.12. The van der Waals surface area contributed by atoms with Crippen molar-refractivity contribution in [1.29, 1.82) is 0 Å². The van der Waals surface area contributed by atoms with E-state index in [9.17, 15) is 8.42 Å². The van der Waals surface area contributed by atoms with Gasteiger partial charge in [-0.15, -0.1) is 0 Å². The number of nitrogens with zero attached hydrogens (tertiary/aromatic N) is 1. The molecule has 0 atom stereocenters. The van der Waals surface area contributed by atoms with E-state index in [2.05, 4.69) is 13.8 Å². The lowest BCUT2D eigenvalue weighted by atomic mass is 9.65. The maximum absolute atomic E-state index is 11.1. The van der Waals surface area contributed by atoms with Crippen LogP contribution in [0.25, 0.3) is 0 Å². The predicted octanol–water partition coefficient (Wildman–Crippen LogP) is 1.34. The molecule has 5 heteroatoms. The molecule has 94 valence electrons. The van der Waals surface area contributed by atoms with Gasteiger partial charge in [0.2, 0.25) is 0 Å². The van der Waals surface area contributed by atoms with Crippen molar-refractivity contribution in [2.45, 2.75) is 39.5 Å². The Morgan fingerprint density at radius 2 is 1.75 bits per heavy atom. The van der Waals surface area contributed by atoms with Crippen LogP contribution in [0.2, 0.25) is 0 Å². The van der Waals surface area contributed by atoms with Crippen molar-refractivity contribution in [2.75, 3.05) is 13.1 Å². The first-order valence-corrected chi connectivity index (χ1v) is 7.61. The maximum atomic E-state index is 11.1. The molecule has 2 rings (SSSR count). The molecule has 2 fully saturated rings. The number of hydrogen-bond acceptors (Lipinski definition) is 2. The number of nitrogens with two attached hydrogens (primary N) is 1. The van der Waals surface area contributed by atoms with Crippen LogP contribution in [-0.2, 0) is 10.2 Å². The van der Waals surface area contributed by atoms with E-state index in [1.54, 1.807) is 0 Å². The Balaban J connectivity index is 1.88. The van der Waals surface area contributed by atoms with Gasteiger partial charge in [0, 0.05) is 13.1 Å². The molecule has 0 unspecified atom stereocenters. The van der Waals surface area contributed by atoms with E-state index in [0.29, 0.717) is 13.1 Å². The highest BCUT2D eigenvalue weighted by Gasteiger charge is 2.48. The summed E-state index contributed by atoms with van der Waals surface area (Å²) in [6.07, 6.45) is 4.83. The Kier molecular flexibility index (Phi) is 3.05.